The summed E-state index contributed by atoms with van der Waals surface area (Å²) >= 11 is 0. The van der Waals surface area contributed by atoms with E-state index in [0.29, 0.717) is 0 Å². The summed E-state index contributed by atoms with van der Waals surface area (Å²) in [6, 6.07) is 6.60. The Morgan fingerprint density at radius 2 is 2.11 bits per heavy atom. The molecule has 0 fully saturated rings. The third kappa shape index (κ3) is 2.51. The van der Waals surface area contributed by atoms with Crippen LogP contribution in [-0.2, 0) is 20.0 Å². The lowest BCUT2D eigenvalue weighted by Gasteiger charge is -2.34. The van der Waals surface area contributed by atoms with E-state index in [1.165, 1.54) is 33.4 Å². The van der Waals surface area contributed by atoms with Gasteiger partial charge in [0.25, 0.3) is 0 Å². The van der Waals surface area contributed by atoms with Crippen LogP contribution >= 0.6 is 0 Å². The van der Waals surface area contributed by atoms with Crippen LogP contribution in [0.4, 0.5) is 0 Å². The van der Waals surface area contributed by atoms with Crippen LogP contribution in [-0.4, -0.2) is 35.9 Å². The molecular formula is C21H24N6. The Hall–Kier alpha value is -2.86. The van der Waals surface area contributed by atoms with Crippen molar-refractivity contribution in [1.29, 1.82) is 0 Å². The molecule has 3 aromatic heterocycles. The van der Waals surface area contributed by atoms with Crippen LogP contribution in [0, 0.1) is 13.8 Å². The minimum absolute atomic E-state index is 0.100. The third-order valence-corrected chi connectivity index (χ3v) is 5.90. The highest BCUT2D eigenvalue weighted by Crippen LogP contribution is 2.38. The monoisotopic (exact) mass is 360 g/mol. The standard InChI is InChI=1S/C21H24N6/c1-13-5-4-6-15-14(2)19(25-18(13)15)21-20-16(23-12-24-20)7-9-27(21)11-17-22-8-10-26(17)3/h4-6,8,10,12,21,25H,7,9,11H2,1-3H3,(H,23,24)/t21-/m1/s1. The number of para-hydroxylation sites is 1. The molecule has 0 radical (unpaired) electrons. The number of aromatic nitrogens is 5. The Balaban J connectivity index is 1.65. The summed E-state index contributed by atoms with van der Waals surface area (Å²) in [6.07, 6.45) is 6.68. The molecule has 0 spiro atoms. The van der Waals surface area contributed by atoms with E-state index in [0.717, 1.165) is 31.0 Å². The van der Waals surface area contributed by atoms with Gasteiger partial charge in [0.2, 0.25) is 0 Å². The maximum absolute atomic E-state index is 4.71. The van der Waals surface area contributed by atoms with Gasteiger partial charge in [-0.2, -0.15) is 0 Å². The van der Waals surface area contributed by atoms with E-state index in [1.807, 2.05) is 18.7 Å². The van der Waals surface area contributed by atoms with Crippen molar-refractivity contribution in [3.63, 3.8) is 0 Å². The van der Waals surface area contributed by atoms with Crippen LogP contribution in [0.25, 0.3) is 10.9 Å². The topological polar surface area (TPSA) is 65.5 Å². The maximum atomic E-state index is 4.71. The molecule has 1 atom stereocenters. The lowest BCUT2D eigenvalue weighted by atomic mass is 9.97. The fraction of sp³-hybridized carbons (Fsp3) is 0.333. The summed E-state index contributed by atoms with van der Waals surface area (Å²) in [5, 5.41) is 1.30. The predicted molar refractivity (Wildman–Crippen MR) is 106 cm³/mol. The summed E-state index contributed by atoms with van der Waals surface area (Å²) in [7, 11) is 2.05. The summed E-state index contributed by atoms with van der Waals surface area (Å²) in [5.41, 5.74) is 7.41. The molecule has 0 amide bonds. The predicted octanol–water partition coefficient (Wildman–Crippen LogP) is 3.39. The Morgan fingerprint density at radius 3 is 2.89 bits per heavy atom. The molecule has 5 rings (SSSR count). The van der Waals surface area contributed by atoms with Crippen molar-refractivity contribution >= 4 is 10.9 Å². The lowest BCUT2D eigenvalue weighted by molar-refractivity contribution is 0.190. The van der Waals surface area contributed by atoms with Crippen LogP contribution < -0.4 is 0 Å². The van der Waals surface area contributed by atoms with E-state index in [9.17, 15) is 0 Å². The molecule has 27 heavy (non-hydrogen) atoms. The van der Waals surface area contributed by atoms with Crippen LogP contribution in [0.3, 0.4) is 0 Å². The molecule has 0 aliphatic carbocycles. The highest BCUT2D eigenvalue weighted by molar-refractivity contribution is 5.87. The van der Waals surface area contributed by atoms with E-state index in [-0.39, 0.29) is 6.04 Å². The summed E-state index contributed by atoms with van der Waals surface area (Å²) in [5.74, 6) is 1.07. The molecule has 138 valence electrons. The van der Waals surface area contributed by atoms with Gasteiger partial charge in [0.05, 0.1) is 24.6 Å². The normalized spacial score (nSPS) is 17.5. The highest BCUT2D eigenvalue weighted by Gasteiger charge is 2.34. The molecule has 4 aromatic rings. The van der Waals surface area contributed by atoms with Crippen molar-refractivity contribution in [2.24, 2.45) is 7.05 Å². The van der Waals surface area contributed by atoms with Gasteiger partial charge in [-0.15, -0.1) is 0 Å². The molecule has 0 unspecified atom stereocenters. The number of aromatic amines is 2. The fourth-order valence-electron chi connectivity index (χ4n) is 4.34. The Morgan fingerprint density at radius 1 is 1.22 bits per heavy atom. The maximum Gasteiger partial charge on any atom is 0.122 e. The van der Waals surface area contributed by atoms with E-state index in [2.05, 4.69) is 63.5 Å². The van der Waals surface area contributed by atoms with Gasteiger partial charge in [0.1, 0.15) is 5.82 Å². The second-order valence-electron chi connectivity index (χ2n) is 7.50. The van der Waals surface area contributed by atoms with Gasteiger partial charge in [0, 0.05) is 54.7 Å². The number of rotatable bonds is 3. The van der Waals surface area contributed by atoms with Gasteiger partial charge in [-0.3, -0.25) is 4.90 Å². The number of H-pyrrole nitrogens is 2. The number of hydrogen-bond acceptors (Lipinski definition) is 3. The van der Waals surface area contributed by atoms with E-state index in [1.54, 1.807) is 0 Å². The average molecular weight is 360 g/mol. The Labute approximate surface area is 158 Å². The number of nitrogens with one attached hydrogen (secondary N) is 2. The number of benzene rings is 1. The van der Waals surface area contributed by atoms with Crippen molar-refractivity contribution in [3.8, 4) is 0 Å². The largest absolute Gasteiger partial charge is 0.356 e. The quantitative estimate of drug-likeness (QED) is 0.589. The minimum atomic E-state index is 0.100. The van der Waals surface area contributed by atoms with Gasteiger partial charge in [0.15, 0.2) is 0 Å². The molecule has 6 nitrogen and oxygen atoms in total. The molecule has 2 N–H and O–H groups in total. The molecule has 1 aromatic carbocycles. The summed E-state index contributed by atoms with van der Waals surface area (Å²) in [4.78, 5) is 18.8. The fourth-order valence-corrected chi connectivity index (χ4v) is 4.34. The van der Waals surface area contributed by atoms with Gasteiger partial charge in [-0.1, -0.05) is 18.2 Å². The number of nitrogens with zero attached hydrogens (tertiary/aromatic N) is 4. The molecule has 4 heterocycles. The van der Waals surface area contributed by atoms with Crippen molar-refractivity contribution < 1.29 is 0 Å². The van der Waals surface area contributed by atoms with E-state index in [4.69, 9.17) is 4.98 Å². The lowest BCUT2D eigenvalue weighted by Crippen LogP contribution is -2.37. The molecule has 0 saturated carbocycles. The first kappa shape index (κ1) is 16.3. The second kappa shape index (κ2) is 6.09. The zero-order valence-corrected chi connectivity index (χ0v) is 16.0. The van der Waals surface area contributed by atoms with Gasteiger partial charge in [-0.05, 0) is 25.0 Å². The molecule has 0 saturated heterocycles. The molecule has 6 heteroatoms. The third-order valence-electron chi connectivity index (χ3n) is 5.90. The van der Waals surface area contributed by atoms with Gasteiger partial charge in [-0.25, -0.2) is 9.97 Å². The zero-order valence-electron chi connectivity index (χ0n) is 16.0. The van der Waals surface area contributed by atoms with Crippen LogP contribution in [0.2, 0.25) is 0 Å². The zero-order chi connectivity index (χ0) is 18.5. The van der Waals surface area contributed by atoms with E-state index >= 15 is 0 Å². The minimum Gasteiger partial charge on any atom is -0.356 e. The van der Waals surface area contributed by atoms with Gasteiger partial charge < -0.3 is 14.5 Å². The van der Waals surface area contributed by atoms with Crippen LogP contribution in [0.15, 0.2) is 36.9 Å². The molecular weight excluding hydrogens is 336 g/mol. The number of aryl methyl sites for hydroxylation is 3. The second-order valence-corrected chi connectivity index (χ2v) is 7.50. The number of hydrogen-bond donors (Lipinski definition) is 2. The first-order valence-corrected chi connectivity index (χ1v) is 9.43. The van der Waals surface area contributed by atoms with Crippen molar-refractivity contribution in [2.45, 2.75) is 32.9 Å². The number of fused-ring (bicyclic) bond motifs is 2. The number of imidazole rings is 2. The van der Waals surface area contributed by atoms with Crippen molar-refractivity contribution in [2.75, 3.05) is 6.54 Å². The summed E-state index contributed by atoms with van der Waals surface area (Å²) in [6.45, 7) is 6.15. The van der Waals surface area contributed by atoms with Crippen molar-refractivity contribution in [3.05, 3.63) is 71.0 Å². The SMILES string of the molecule is Cc1c([C@@H]2c3nc[nH]c3CCN2Cc2nccn2C)[nH]c2c(C)cccc12. The molecule has 1 aliphatic heterocycles. The highest BCUT2D eigenvalue weighted by atomic mass is 15.2. The smallest absolute Gasteiger partial charge is 0.122 e. The molecule has 1 aliphatic rings. The van der Waals surface area contributed by atoms with Crippen molar-refractivity contribution in [1.82, 2.24) is 29.4 Å². The first-order chi connectivity index (χ1) is 13.1. The van der Waals surface area contributed by atoms with Crippen LogP contribution in [0.1, 0.15) is 40.1 Å². The van der Waals surface area contributed by atoms with E-state index < -0.39 is 0 Å². The first-order valence-electron chi connectivity index (χ1n) is 9.43. The van der Waals surface area contributed by atoms with Crippen LogP contribution in [0.5, 0.6) is 0 Å². The van der Waals surface area contributed by atoms with Gasteiger partial charge >= 0.3 is 0 Å². The Kier molecular flexibility index (Phi) is 3.68. The summed E-state index contributed by atoms with van der Waals surface area (Å²) < 4.78 is 2.10. The average Bonchev–Trinajstić information content (AvgIpc) is 3.36. The Bertz CT molecular complexity index is 1120. The molecule has 0 bridgehead atoms.